The predicted molar refractivity (Wildman–Crippen MR) is 17.0 cm³/mol. The van der Waals surface area contributed by atoms with Crippen LogP contribution in [0.25, 0.3) is 0 Å². The van der Waals surface area contributed by atoms with Crippen LogP contribution in [0, 0.1) is 0 Å². The van der Waals surface area contributed by atoms with Gasteiger partial charge in [-0.1, -0.05) is 0 Å². The standard InChI is InChI=1S/CH2O3.Al.FH.Na.H2O/c2-1(3)4;;;;/h(H2,2,3,4);;1H;;1H2/q;+2;;+1;/p-3. The van der Waals surface area contributed by atoms with E-state index in [1.165, 1.54) is 0 Å². The normalized spacial score (nSPS) is 5.12. The van der Waals surface area contributed by atoms with Crippen molar-refractivity contribution in [3.05, 3.63) is 0 Å². The first-order chi connectivity index (χ1) is 2.77. The number of halogens is 1. The van der Waals surface area contributed by atoms with Gasteiger partial charge in [-0.15, -0.1) is 0 Å². The zero-order chi connectivity index (χ0) is 4.99. The first kappa shape index (κ1) is 15.9. The van der Waals surface area contributed by atoms with E-state index in [1.54, 1.807) is 0 Å². The summed E-state index contributed by atoms with van der Waals surface area (Å²) in [5.74, 6) is 0. The maximum atomic E-state index is 10.7. The van der Waals surface area contributed by atoms with E-state index in [0.29, 0.717) is 0 Å². The van der Waals surface area contributed by atoms with E-state index in [9.17, 15) is 3.52 Å². The van der Waals surface area contributed by atoms with Gasteiger partial charge in [-0.25, -0.2) is 0 Å². The van der Waals surface area contributed by atoms with Gasteiger partial charge in [-0.3, -0.25) is 0 Å². The molecule has 0 aromatic heterocycles. The van der Waals surface area contributed by atoms with Gasteiger partial charge in [-0.2, -0.15) is 0 Å². The van der Waals surface area contributed by atoms with Crippen molar-refractivity contribution in [2.45, 2.75) is 0 Å². The molecule has 0 fully saturated rings. The molecule has 41 valence electrons. The van der Waals surface area contributed by atoms with Gasteiger partial charge in [-0.05, 0) is 0 Å². The first-order valence-corrected chi connectivity index (χ1v) is 1.97. The minimum atomic E-state index is -1.91. The molecule has 2 N–H and O–H groups in total. The molecule has 1 radical (unpaired) electrons. The van der Waals surface area contributed by atoms with Crippen molar-refractivity contribution in [2.24, 2.45) is 0 Å². The van der Waals surface area contributed by atoms with E-state index in [0.717, 1.165) is 0 Å². The van der Waals surface area contributed by atoms with Gasteiger partial charge in [0.05, 0.1) is 0 Å². The summed E-state index contributed by atoms with van der Waals surface area (Å²) in [6, 6.07) is 0. The van der Waals surface area contributed by atoms with Crippen molar-refractivity contribution in [3.8, 4) is 0 Å². The second-order valence-electron chi connectivity index (χ2n) is 0.457. The molecule has 0 heterocycles. The molecule has 0 aliphatic heterocycles. The van der Waals surface area contributed by atoms with E-state index in [1.807, 2.05) is 0 Å². The van der Waals surface area contributed by atoms with Crippen molar-refractivity contribution in [2.75, 3.05) is 0 Å². The molecule has 0 aromatic rings. The van der Waals surface area contributed by atoms with E-state index >= 15 is 0 Å². The molecule has 0 saturated carbocycles. The summed E-state index contributed by atoms with van der Waals surface area (Å²) in [5, 5.41) is 9.05. The molecular formula is CH2AlFNaO4. The third-order valence-electron chi connectivity index (χ3n) is 0.141. The van der Waals surface area contributed by atoms with Crippen molar-refractivity contribution >= 4 is 22.2 Å². The van der Waals surface area contributed by atoms with Crippen LogP contribution < -0.4 is 34.7 Å². The SMILES string of the molecule is O.O=C([O-])[O][Al][F].[Na+]. The molecule has 0 aliphatic carbocycles. The van der Waals surface area contributed by atoms with Crippen molar-refractivity contribution in [1.82, 2.24) is 0 Å². The summed E-state index contributed by atoms with van der Waals surface area (Å²) < 4.78 is 13.9. The van der Waals surface area contributed by atoms with E-state index in [2.05, 4.69) is 3.79 Å². The second-order valence-corrected chi connectivity index (χ2v) is 0.871. The van der Waals surface area contributed by atoms with Crippen molar-refractivity contribution < 1.29 is 52.2 Å². The number of rotatable bonds is 1. The number of carbonyl (C=O) groups is 1. The molecule has 0 amide bonds. The Morgan fingerprint density at radius 2 is 2.12 bits per heavy atom. The average Bonchev–Trinajstić information content (AvgIpc) is 1.35. The maximum Gasteiger partial charge on any atom is 1.00 e. The number of hydrogen-bond acceptors (Lipinski definition) is 3. The Kier molecular flexibility index (Phi) is 21.1. The largest absolute Gasteiger partial charge is 1.00 e. The Labute approximate surface area is 74.1 Å². The molecule has 0 atom stereocenters. The summed E-state index contributed by atoms with van der Waals surface area (Å²) in [6.07, 6.45) is -1.80. The van der Waals surface area contributed by atoms with Crippen LogP contribution in [0.2, 0.25) is 0 Å². The molecule has 8 heavy (non-hydrogen) atoms. The van der Waals surface area contributed by atoms with Crippen LogP contribution in [-0.2, 0) is 3.79 Å². The fraction of sp³-hybridized carbons (Fsp3) is 0. The number of hydrogen-bond donors (Lipinski definition) is 0. The van der Waals surface area contributed by atoms with Gasteiger partial charge in [0.25, 0.3) is 0 Å². The van der Waals surface area contributed by atoms with E-state index in [4.69, 9.17) is 9.90 Å². The summed E-state index contributed by atoms with van der Waals surface area (Å²) >= 11 is -1.91. The zero-order valence-corrected chi connectivity index (χ0v) is 7.33. The van der Waals surface area contributed by atoms with Gasteiger partial charge in [0.2, 0.25) is 6.16 Å². The molecule has 0 aliphatic rings. The molecule has 0 unspecified atom stereocenters. The van der Waals surface area contributed by atoms with Crippen LogP contribution in [-0.4, -0.2) is 27.6 Å². The maximum absolute atomic E-state index is 10.7. The van der Waals surface area contributed by atoms with Crippen LogP contribution in [0.1, 0.15) is 0 Å². The summed E-state index contributed by atoms with van der Waals surface area (Å²) in [5.41, 5.74) is 0. The Morgan fingerprint density at radius 1 is 1.75 bits per heavy atom. The quantitative estimate of drug-likeness (QED) is 0.348. The Morgan fingerprint density at radius 3 is 2.12 bits per heavy atom. The minimum absolute atomic E-state index is 0. The predicted octanol–water partition coefficient (Wildman–Crippen LogP) is -4.97. The Bertz CT molecular complexity index is 60.0. The van der Waals surface area contributed by atoms with Gasteiger partial charge in [0, 0.05) is 0 Å². The number of carboxylic acid groups (broad SMARTS) is 1. The van der Waals surface area contributed by atoms with Crippen LogP contribution in [0.15, 0.2) is 0 Å². The Hall–Kier alpha value is 0.692. The molecule has 0 aromatic carbocycles. The van der Waals surface area contributed by atoms with Crippen LogP contribution in [0.5, 0.6) is 0 Å². The average molecular weight is 147 g/mol. The summed E-state index contributed by atoms with van der Waals surface area (Å²) in [6.45, 7) is 0. The molecule has 4 nitrogen and oxygen atoms in total. The minimum Gasteiger partial charge on any atom is -0.637 e. The third kappa shape index (κ3) is 15.9. The topological polar surface area (TPSA) is 80.9 Å². The molecular weight excluding hydrogens is 145 g/mol. The molecule has 0 bridgehead atoms. The molecule has 7 heteroatoms. The zero-order valence-electron chi connectivity index (χ0n) is 4.18. The van der Waals surface area contributed by atoms with Crippen molar-refractivity contribution in [3.63, 3.8) is 0 Å². The second kappa shape index (κ2) is 10.6. The fourth-order valence-corrected chi connectivity index (χ4v) is 0.109. The summed E-state index contributed by atoms with van der Waals surface area (Å²) in [7, 11) is 0. The first-order valence-electron chi connectivity index (χ1n) is 1.07. The van der Waals surface area contributed by atoms with E-state index in [-0.39, 0.29) is 35.0 Å². The molecule has 0 spiro atoms. The molecule has 0 rings (SSSR count). The smallest absolute Gasteiger partial charge is 0.637 e. The van der Waals surface area contributed by atoms with Gasteiger partial charge < -0.3 is 22.7 Å². The van der Waals surface area contributed by atoms with Crippen LogP contribution >= 0.6 is 0 Å². The van der Waals surface area contributed by atoms with Crippen LogP contribution in [0.3, 0.4) is 0 Å². The van der Waals surface area contributed by atoms with Gasteiger partial charge in [0.15, 0.2) is 0 Å². The van der Waals surface area contributed by atoms with Crippen molar-refractivity contribution in [1.29, 1.82) is 0 Å². The molecule has 0 saturated heterocycles. The Balaban J connectivity index is -0.000000125. The van der Waals surface area contributed by atoms with Gasteiger partial charge >= 0.3 is 45.6 Å². The monoisotopic (exact) mass is 147 g/mol. The van der Waals surface area contributed by atoms with Gasteiger partial charge in [0.1, 0.15) is 0 Å². The number of carbonyl (C=O) groups excluding carboxylic acids is 1. The van der Waals surface area contributed by atoms with E-state index < -0.39 is 22.2 Å². The van der Waals surface area contributed by atoms with Crippen LogP contribution in [0.4, 0.5) is 8.32 Å². The summed E-state index contributed by atoms with van der Waals surface area (Å²) in [4.78, 5) is 9.05. The fourth-order valence-electron chi connectivity index (χ4n) is 0.0364. The third-order valence-corrected chi connectivity index (χ3v) is 0.422.